The maximum Gasteiger partial charge on any atom is 0.203 e. The van der Waals surface area contributed by atoms with Crippen molar-refractivity contribution in [1.29, 1.82) is 0 Å². The Balaban J connectivity index is 1.69. The molecular formula is C15H13N7. The van der Waals surface area contributed by atoms with Crippen LogP contribution >= 0.6 is 0 Å². The van der Waals surface area contributed by atoms with Crippen LogP contribution < -0.4 is 5.73 Å². The Kier molecular flexibility index (Phi) is 2.82. The van der Waals surface area contributed by atoms with Crippen molar-refractivity contribution in [2.24, 2.45) is 0 Å². The fourth-order valence-electron chi connectivity index (χ4n) is 2.45. The smallest absolute Gasteiger partial charge is 0.203 e. The number of fused-ring (bicyclic) bond motifs is 1. The molecule has 0 fully saturated rings. The van der Waals surface area contributed by atoms with E-state index in [1.807, 2.05) is 53.5 Å². The number of aromatic nitrogens is 6. The molecule has 3 N–H and O–H groups in total. The zero-order valence-electron chi connectivity index (χ0n) is 11.6. The van der Waals surface area contributed by atoms with Crippen molar-refractivity contribution in [3.63, 3.8) is 0 Å². The second-order valence-electron chi connectivity index (χ2n) is 5.01. The molecule has 0 bridgehead atoms. The number of pyridine rings is 1. The van der Waals surface area contributed by atoms with Crippen molar-refractivity contribution in [3.8, 4) is 5.69 Å². The number of para-hydroxylation sites is 1. The number of benzene rings is 1. The van der Waals surface area contributed by atoms with Crippen molar-refractivity contribution in [2.75, 3.05) is 5.73 Å². The molecule has 0 saturated carbocycles. The molecule has 3 aromatic heterocycles. The van der Waals surface area contributed by atoms with Gasteiger partial charge in [0, 0.05) is 12.6 Å². The molecular weight excluding hydrogens is 278 g/mol. The molecule has 0 amide bonds. The number of nitrogen functional groups attached to an aromatic ring is 1. The molecule has 22 heavy (non-hydrogen) atoms. The highest BCUT2D eigenvalue weighted by atomic mass is 15.3. The van der Waals surface area contributed by atoms with Gasteiger partial charge in [0.05, 0.1) is 11.9 Å². The molecule has 0 aliphatic rings. The Hall–Kier alpha value is -3.22. The van der Waals surface area contributed by atoms with E-state index in [-0.39, 0.29) is 0 Å². The summed E-state index contributed by atoms with van der Waals surface area (Å²) in [6.07, 6.45) is 4.51. The van der Waals surface area contributed by atoms with E-state index in [9.17, 15) is 0 Å². The van der Waals surface area contributed by atoms with Gasteiger partial charge in [0.1, 0.15) is 11.3 Å². The number of nitrogens with one attached hydrogen (secondary N) is 1. The Morgan fingerprint density at radius 2 is 2.00 bits per heavy atom. The van der Waals surface area contributed by atoms with Crippen LogP contribution in [0.15, 0.2) is 48.8 Å². The lowest BCUT2D eigenvalue weighted by atomic mass is 10.1. The number of aromatic amines is 1. The summed E-state index contributed by atoms with van der Waals surface area (Å²) >= 11 is 0. The van der Waals surface area contributed by atoms with Crippen LogP contribution in [0.3, 0.4) is 0 Å². The number of rotatable bonds is 3. The number of nitrogens with two attached hydrogens (primary N) is 1. The van der Waals surface area contributed by atoms with Crippen molar-refractivity contribution in [1.82, 2.24) is 30.2 Å². The van der Waals surface area contributed by atoms with E-state index in [1.165, 1.54) is 0 Å². The van der Waals surface area contributed by atoms with Crippen LogP contribution in [0.2, 0.25) is 0 Å². The van der Waals surface area contributed by atoms with Crippen LogP contribution in [-0.2, 0) is 6.42 Å². The van der Waals surface area contributed by atoms with Gasteiger partial charge >= 0.3 is 0 Å². The fraction of sp³-hybridized carbons (Fsp3) is 0.0667. The molecule has 0 saturated heterocycles. The van der Waals surface area contributed by atoms with E-state index in [2.05, 4.69) is 25.5 Å². The maximum absolute atomic E-state index is 5.82. The summed E-state index contributed by atoms with van der Waals surface area (Å²) in [5, 5.41) is 15.1. The first-order valence-electron chi connectivity index (χ1n) is 6.84. The summed E-state index contributed by atoms with van der Waals surface area (Å²) in [5.41, 5.74) is 10.2. The summed E-state index contributed by atoms with van der Waals surface area (Å²) in [7, 11) is 0. The summed E-state index contributed by atoms with van der Waals surface area (Å²) < 4.78 is 1.85. The molecule has 0 radical (unpaired) electrons. The Bertz CT molecular complexity index is 923. The predicted molar refractivity (Wildman–Crippen MR) is 82.5 cm³/mol. The third-order valence-corrected chi connectivity index (χ3v) is 3.44. The molecule has 0 aliphatic heterocycles. The van der Waals surface area contributed by atoms with Crippen molar-refractivity contribution in [3.05, 3.63) is 59.9 Å². The van der Waals surface area contributed by atoms with E-state index in [0.29, 0.717) is 17.9 Å². The van der Waals surface area contributed by atoms with E-state index < -0.39 is 0 Å². The van der Waals surface area contributed by atoms with Gasteiger partial charge in [-0.3, -0.25) is 0 Å². The largest absolute Gasteiger partial charge is 0.384 e. The Morgan fingerprint density at radius 1 is 1.14 bits per heavy atom. The number of nitrogens with zero attached hydrogens (tertiary/aromatic N) is 5. The Labute approximate surface area is 125 Å². The van der Waals surface area contributed by atoms with Gasteiger partial charge in [-0.25, -0.2) is 9.67 Å². The lowest BCUT2D eigenvalue weighted by Gasteiger charge is -2.01. The zero-order chi connectivity index (χ0) is 14.9. The van der Waals surface area contributed by atoms with Crippen LogP contribution in [-0.4, -0.2) is 30.2 Å². The van der Waals surface area contributed by atoms with Gasteiger partial charge in [-0.2, -0.15) is 15.4 Å². The average molecular weight is 291 g/mol. The molecule has 4 rings (SSSR count). The predicted octanol–water partition coefficient (Wildman–Crippen LogP) is 1.71. The summed E-state index contributed by atoms with van der Waals surface area (Å²) in [5.74, 6) is 0.437. The van der Waals surface area contributed by atoms with Crippen LogP contribution in [0.1, 0.15) is 11.1 Å². The third kappa shape index (κ3) is 2.18. The first-order chi connectivity index (χ1) is 10.8. The highest BCUT2D eigenvalue weighted by Gasteiger charge is 2.10. The average Bonchev–Trinajstić information content (AvgIpc) is 3.17. The van der Waals surface area contributed by atoms with E-state index >= 15 is 0 Å². The molecule has 0 unspecified atom stereocenters. The number of H-pyrrole nitrogens is 1. The SMILES string of the molecule is Nc1cc(Cc2cnn(-c3ccccc3)c2)c2n[nH]nc2n1. The van der Waals surface area contributed by atoms with Crippen LogP contribution in [0.4, 0.5) is 5.82 Å². The van der Waals surface area contributed by atoms with Crippen LogP contribution in [0.25, 0.3) is 16.9 Å². The molecule has 0 spiro atoms. The zero-order valence-corrected chi connectivity index (χ0v) is 11.6. The minimum Gasteiger partial charge on any atom is -0.384 e. The van der Waals surface area contributed by atoms with Crippen molar-refractivity contribution in [2.45, 2.75) is 6.42 Å². The van der Waals surface area contributed by atoms with Gasteiger partial charge in [-0.05, 0) is 29.3 Å². The quantitative estimate of drug-likeness (QED) is 0.598. The summed E-state index contributed by atoms with van der Waals surface area (Å²) in [6.45, 7) is 0. The summed E-state index contributed by atoms with van der Waals surface area (Å²) in [4.78, 5) is 4.14. The Morgan fingerprint density at radius 3 is 2.86 bits per heavy atom. The van der Waals surface area contributed by atoms with Gasteiger partial charge in [0.15, 0.2) is 0 Å². The lowest BCUT2D eigenvalue weighted by Crippen LogP contribution is -1.96. The highest BCUT2D eigenvalue weighted by Crippen LogP contribution is 2.19. The van der Waals surface area contributed by atoms with Gasteiger partial charge in [0.2, 0.25) is 5.65 Å². The first-order valence-corrected chi connectivity index (χ1v) is 6.84. The number of anilines is 1. The highest BCUT2D eigenvalue weighted by molar-refractivity contribution is 5.76. The standard InChI is InChI=1S/C15H13N7/c16-13-7-11(14-15(18-13)20-21-19-14)6-10-8-17-22(9-10)12-4-2-1-3-5-12/h1-5,7-9H,6H2,(H3,16,18,19,20,21). The molecule has 7 heteroatoms. The maximum atomic E-state index is 5.82. The normalized spacial score (nSPS) is 11.1. The van der Waals surface area contributed by atoms with E-state index in [4.69, 9.17) is 5.73 Å². The molecule has 1 aromatic carbocycles. The van der Waals surface area contributed by atoms with Gasteiger partial charge in [-0.1, -0.05) is 18.2 Å². The minimum atomic E-state index is 0.437. The number of hydrogen-bond donors (Lipinski definition) is 2. The van der Waals surface area contributed by atoms with E-state index in [1.54, 1.807) is 0 Å². The van der Waals surface area contributed by atoms with Gasteiger partial charge in [-0.15, -0.1) is 5.10 Å². The van der Waals surface area contributed by atoms with E-state index in [0.717, 1.165) is 22.3 Å². The number of hydrogen-bond acceptors (Lipinski definition) is 5. The third-order valence-electron chi connectivity index (χ3n) is 3.44. The van der Waals surface area contributed by atoms with Crippen molar-refractivity contribution >= 4 is 17.0 Å². The lowest BCUT2D eigenvalue weighted by molar-refractivity contribution is 0.880. The second-order valence-corrected chi connectivity index (χ2v) is 5.01. The molecule has 7 nitrogen and oxygen atoms in total. The second kappa shape index (κ2) is 4.96. The first kappa shape index (κ1) is 12.5. The van der Waals surface area contributed by atoms with Crippen LogP contribution in [0, 0.1) is 0 Å². The molecule has 4 aromatic rings. The summed E-state index contributed by atoms with van der Waals surface area (Å²) in [6, 6.07) is 11.8. The topological polar surface area (TPSA) is 98.3 Å². The molecule has 3 heterocycles. The monoisotopic (exact) mass is 291 g/mol. The van der Waals surface area contributed by atoms with Crippen molar-refractivity contribution < 1.29 is 0 Å². The van der Waals surface area contributed by atoms with Gasteiger partial charge in [0.25, 0.3) is 0 Å². The van der Waals surface area contributed by atoms with Crippen LogP contribution in [0.5, 0.6) is 0 Å². The van der Waals surface area contributed by atoms with Gasteiger partial charge < -0.3 is 5.73 Å². The molecule has 0 atom stereocenters. The molecule has 108 valence electrons. The fourth-order valence-corrected chi connectivity index (χ4v) is 2.45. The minimum absolute atomic E-state index is 0.437. The molecule has 0 aliphatic carbocycles.